The fourth-order valence-corrected chi connectivity index (χ4v) is 3.26. The molecule has 1 aliphatic heterocycles. The Hall–Kier alpha value is -1.94. The zero-order valence-electron chi connectivity index (χ0n) is 13.0. The van der Waals surface area contributed by atoms with E-state index in [0.29, 0.717) is 6.54 Å². The molecule has 1 atom stereocenters. The zero-order valence-corrected chi connectivity index (χ0v) is 13.0. The van der Waals surface area contributed by atoms with Crippen molar-refractivity contribution in [2.45, 2.75) is 32.9 Å². The molecule has 3 nitrogen and oxygen atoms in total. The van der Waals surface area contributed by atoms with E-state index in [4.69, 9.17) is 0 Å². The number of fused-ring (bicyclic) bond motifs is 1. The summed E-state index contributed by atoms with van der Waals surface area (Å²) in [6, 6.07) is 9.07. The normalized spacial score (nSPS) is 17.9. The second kappa shape index (κ2) is 6.05. The topological polar surface area (TPSA) is 32.3 Å². The van der Waals surface area contributed by atoms with Crippen LogP contribution in [-0.4, -0.2) is 29.9 Å². The zero-order chi connectivity index (χ0) is 15.7. The monoisotopic (exact) mass is 300 g/mol. The van der Waals surface area contributed by atoms with Gasteiger partial charge in [-0.15, -0.1) is 0 Å². The van der Waals surface area contributed by atoms with Crippen LogP contribution in [0.15, 0.2) is 30.3 Å². The predicted molar refractivity (Wildman–Crippen MR) is 86.1 cm³/mol. The number of aryl methyl sites for hydroxylation is 1. The van der Waals surface area contributed by atoms with Crippen LogP contribution >= 0.6 is 0 Å². The van der Waals surface area contributed by atoms with Crippen molar-refractivity contribution in [2.24, 2.45) is 0 Å². The van der Waals surface area contributed by atoms with Crippen molar-refractivity contribution < 1.29 is 9.18 Å². The number of hydrogen-bond acceptors (Lipinski definition) is 2. The molecule has 3 rings (SSSR count). The van der Waals surface area contributed by atoms with E-state index in [0.717, 1.165) is 41.4 Å². The quantitative estimate of drug-likeness (QED) is 0.945. The number of amides is 1. The molecule has 0 spiro atoms. The lowest BCUT2D eigenvalue weighted by Crippen LogP contribution is -2.39. The van der Waals surface area contributed by atoms with Gasteiger partial charge in [-0.25, -0.2) is 4.39 Å². The van der Waals surface area contributed by atoms with Crippen LogP contribution in [-0.2, 0) is 11.3 Å². The second-order valence-corrected chi connectivity index (χ2v) is 6.01. The van der Waals surface area contributed by atoms with Crippen LogP contribution in [0.25, 0.3) is 10.8 Å². The third-order valence-electron chi connectivity index (χ3n) is 4.58. The van der Waals surface area contributed by atoms with Gasteiger partial charge >= 0.3 is 0 Å². The minimum Gasteiger partial charge on any atom is -0.334 e. The highest BCUT2D eigenvalue weighted by molar-refractivity contribution is 5.86. The molecular weight excluding hydrogens is 279 g/mol. The van der Waals surface area contributed by atoms with Gasteiger partial charge in [-0.2, -0.15) is 0 Å². The van der Waals surface area contributed by atoms with Crippen molar-refractivity contribution >= 4 is 16.7 Å². The Labute approximate surface area is 130 Å². The van der Waals surface area contributed by atoms with Crippen LogP contribution in [0.4, 0.5) is 4.39 Å². The summed E-state index contributed by atoms with van der Waals surface area (Å²) in [7, 11) is 0. The van der Waals surface area contributed by atoms with Gasteiger partial charge < -0.3 is 10.2 Å². The van der Waals surface area contributed by atoms with Gasteiger partial charge in [0.05, 0.1) is 0 Å². The van der Waals surface area contributed by atoms with Crippen molar-refractivity contribution in [3.63, 3.8) is 0 Å². The van der Waals surface area contributed by atoms with Crippen molar-refractivity contribution in [2.75, 3.05) is 13.1 Å². The molecule has 2 aromatic rings. The molecule has 0 unspecified atom stereocenters. The predicted octanol–water partition coefficient (Wildman–Crippen LogP) is 3.00. The Balaban J connectivity index is 1.93. The first kappa shape index (κ1) is 15.0. The summed E-state index contributed by atoms with van der Waals surface area (Å²) in [6.07, 6.45) is 0.997. The SMILES string of the molecule is CC(=O)N(Cc1ccc2cc(F)ccc2c1C)[C@H]1CCNC1. The summed E-state index contributed by atoms with van der Waals surface area (Å²) < 4.78 is 13.3. The van der Waals surface area contributed by atoms with Crippen LogP contribution in [0.1, 0.15) is 24.5 Å². The highest BCUT2D eigenvalue weighted by Crippen LogP contribution is 2.25. The number of rotatable bonds is 3. The Bertz CT molecular complexity index is 708. The van der Waals surface area contributed by atoms with E-state index < -0.39 is 0 Å². The molecule has 0 radical (unpaired) electrons. The average Bonchev–Trinajstić information content (AvgIpc) is 3.00. The summed E-state index contributed by atoms with van der Waals surface area (Å²) in [5, 5.41) is 5.26. The molecule has 2 aromatic carbocycles. The third kappa shape index (κ3) is 2.83. The molecule has 1 fully saturated rings. The van der Waals surface area contributed by atoms with E-state index in [1.165, 1.54) is 6.07 Å². The third-order valence-corrected chi connectivity index (χ3v) is 4.58. The smallest absolute Gasteiger partial charge is 0.220 e. The number of halogens is 1. The highest BCUT2D eigenvalue weighted by atomic mass is 19.1. The van der Waals surface area contributed by atoms with E-state index in [1.54, 1.807) is 13.0 Å². The van der Waals surface area contributed by atoms with Crippen LogP contribution in [0.5, 0.6) is 0 Å². The van der Waals surface area contributed by atoms with E-state index >= 15 is 0 Å². The Morgan fingerprint density at radius 1 is 1.36 bits per heavy atom. The second-order valence-electron chi connectivity index (χ2n) is 6.01. The molecule has 1 amide bonds. The summed E-state index contributed by atoms with van der Waals surface area (Å²) >= 11 is 0. The molecule has 4 heteroatoms. The van der Waals surface area contributed by atoms with Gasteiger partial charge in [-0.05, 0) is 53.9 Å². The standard InChI is InChI=1S/C18H21FN2O/c1-12-15(4-3-14-9-16(19)5-6-18(12)14)11-21(13(2)22)17-7-8-20-10-17/h3-6,9,17,20H,7-8,10-11H2,1-2H3/t17-/m0/s1. The first-order valence-electron chi connectivity index (χ1n) is 7.72. The number of nitrogens with one attached hydrogen (secondary N) is 1. The number of hydrogen-bond donors (Lipinski definition) is 1. The molecule has 0 aliphatic carbocycles. The van der Waals surface area contributed by atoms with Gasteiger partial charge in [-0.1, -0.05) is 18.2 Å². The average molecular weight is 300 g/mol. The fraction of sp³-hybridized carbons (Fsp3) is 0.389. The van der Waals surface area contributed by atoms with Crippen LogP contribution in [0.3, 0.4) is 0 Å². The first-order chi connectivity index (χ1) is 10.6. The minimum absolute atomic E-state index is 0.104. The Morgan fingerprint density at radius 2 is 2.18 bits per heavy atom. The summed E-state index contributed by atoms with van der Waals surface area (Å²) in [6.45, 7) is 6.10. The number of nitrogens with zero attached hydrogens (tertiary/aromatic N) is 1. The summed E-state index contributed by atoms with van der Waals surface area (Å²) in [5.41, 5.74) is 2.25. The first-order valence-corrected chi connectivity index (χ1v) is 7.72. The van der Waals surface area contributed by atoms with Crippen molar-refractivity contribution in [3.8, 4) is 0 Å². The molecule has 0 bridgehead atoms. The van der Waals surface area contributed by atoms with Crippen LogP contribution < -0.4 is 5.32 Å². The molecule has 1 heterocycles. The fourth-order valence-electron chi connectivity index (χ4n) is 3.26. The summed E-state index contributed by atoms with van der Waals surface area (Å²) in [5.74, 6) is -0.116. The Kier molecular flexibility index (Phi) is 4.12. The molecule has 1 aliphatic rings. The van der Waals surface area contributed by atoms with Crippen molar-refractivity contribution in [1.82, 2.24) is 10.2 Å². The van der Waals surface area contributed by atoms with Gasteiger partial charge in [0.1, 0.15) is 5.82 Å². The summed E-state index contributed by atoms with van der Waals surface area (Å²) in [4.78, 5) is 13.9. The highest BCUT2D eigenvalue weighted by Gasteiger charge is 2.24. The van der Waals surface area contributed by atoms with Crippen LogP contribution in [0.2, 0.25) is 0 Å². The van der Waals surface area contributed by atoms with Crippen LogP contribution in [0, 0.1) is 12.7 Å². The maximum absolute atomic E-state index is 13.3. The molecule has 116 valence electrons. The van der Waals surface area contributed by atoms with Gasteiger partial charge in [0.2, 0.25) is 5.91 Å². The molecule has 0 aromatic heterocycles. The largest absolute Gasteiger partial charge is 0.334 e. The molecule has 1 N–H and O–H groups in total. The molecule has 0 saturated carbocycles. The van der Waals surface area contributed by atoms with Crippen molar-refractivity contribution in [3.05, 3.63) is 47.3 Å². The maximum Gasteiger partial charge on any atom is 0.220 e. The molecule has 22 heavy (non-hydrogen) atoms. The molecular formula is C18H21FN2O. The lowest BCUT2D eigenvalue weighted by molar-refractivity contribution is -0.131. The maximum atomic E-state index is 13.3. The van der Waals surface area contributed by atoms with Gasteiger partial charge in [-0.3, -0.25) is 4.79 Å². The lowest BCUT2D eigenvalue weighted by atomic mass is 9.99. The molecule has 1 saturated heterocycles. The Morgan fingerprint density at radius 3 is 2.86 bits per heavy atom. The van der Waals surface area contributed by atoms with E-state index in [2.05, 4.69) is 5.32 Å². The lowest BCUT2D eigenvalue weighted by Gasteiger charge is -2.28. The number of carbonyl (C=O) groups excluding carboxylic acids is 1. The number of benzene rings is 2. The van der Waals surface area contributed by atoms with Gasteiger partial charge in [0, 0.05) is 26.1 Å². The van der Waals surface area contributed by atoms with Crippen molar-refractivity contribution in [1.29, 1.82) is 0 Å². The number of carbonyl (C=O) groups is 1. The van der Waals surface area contributed by atoms with E-state index in [1.807, 2.05) is 30.0 Å². The van der Waals surface area contributed by atoms with Gasteiger partial charge in [0.15, 0.2) is 0 Å². The van der Waals surface area contributed by atoms with E-state index in [9.17, 15) is 9.18 Å². The minimum atomic E-state index is -0.220. The van der Waals surface area contributed by atoms with E-state index in [-0.39, 0.29) is 17.8 Å². The van der Waals surface area contributed by atoms with Gasteiger partial charge in [0.25, 0.3) is 0 Å².